The van der Waals surface area contributed by atoms with Gasteiger partial charge < -0.3 is 10.2 Å². The molecule has 1 aliphatic rings. The first-order valence-electron chi connectivity index (χ1n) is 7.34. The van der Waals surface area contributed by atoms with Gasteiger partial charge in [0.2, 0.25) is 0 Å². The topological polar surface area (TPSA) is 44.7 Å². The third-order valence-corrected chi connectivity index (χ3v) is 4.33. The summed E-state index contributed by atoms with van der Waals surface area (Å²) in [5.74, 6) is -0.499. The van der Waals surface area contributed by atoms with E-state index in [1.165, 1.54) is 23.9 Å². The van der Waals surface area contributed by atoms with Crippen LogP contribution in [0, 0.1) is 5.82 Å². The molecule has 0 saturated carbocycles. The van der Waals surface area contributed by atoms with E-state index in [1.54, 1.807) is 12.1 Å². The number of benzene rings is 2. The maximum absolute atomic E-state index is 12.9. The first kappa shape index (κ1) is 16.3. The third-order valence-electron chi connectivity index (χ3n) is 3.42. The van der Waals surface area contributed by atoms with E-state index in [0.29, 0.717) is 15.8 Å². The SMILES string of the molecule is CN(C)c1ccc(C=C2SC(=Nc3ccc(F)cc3)NC2=O)cc1. The summed E-state index contributed by atoms with van der Waals surface area (Å²) in [5.41, 5.74) is 2.64. The Morgan fingerprint density at radius 2 is 1.75 bits per heavy atom. The highest BCUT2D eigenvalue weighted by atomic mass is 32.2. The molecule has 0 bridgehead atoms. The second-order valence-electron chi connectivity index (χ2n) is 5.44. The molecule has 1 heterocycles. The average Bonchev–Trinajstić information content (AvgIpc) is 2.89. The number of rotatable bonds is 3. The van der Waals surface area contributed by atoms with Crippen LogP contribution in [-0.2, 0) is 4.79 Å². The molecule has 1 amide bonds. The number of halogens is 1. The zero-order valence-electron chi connectivity index (χ0n) is 13.3. The Morgan fingerprint density at radius 3 is 2.38 bits per heavy atom. The third kappa shape index (κ3) is 3.83. The second-order valence-corrected chi connectivity index (χ2v) is 6.47. The summed E-state index contributed by atoms with van der Waals surface area (Å²) < 4.78 is 12.9. The van der Waals surface area contributed by atoms with Crippen LogP contribution in [0.25, 0.3) is 6.08 Å². The quantitative estimate of drug-likeness (QED) is 0.864. The number of amidine groups is 1. The van der Waals surface area contributed by atoms with Gasteiger partial charge in [-0.1, -0.05) is 12.1 Å². The first-order chi connectivity index (χ1) is 11.5. The first-order valence-corrected chi connectivity index (χ1v) is 8.15. The highest BCUT2D eigenvalue weighted by Crippen LogP contribution is 2.28. The smallest absolute Gasteiger partial charge is 0.264 e. The van der Waals surface area contributed by atoms with E-state index in [-0.39, 0.29) is 11.7 Å². The Morgan fingerprint density at radius 1 is 1.08 bits per heavy atom. The summed E-state index contributed by atoms with van der Waals surface area (Å²) in [7, 11) is 3.96. The van der Waals surface area contributed by atoms with Crippen molar-refractivity contribution in [3.8, 4) is 0 Å². The van der Waals surface area contributed by atoms with Crippen molar-refractivity contribution in [3.63, 3.8) is 0 Å². The molecule has 0 aromatic heterocycles. The van der Waals surface area contributed by atoms with E-state index >= 15 is 0 Å². The second kappa shape index (κ2) is 6.88. The number of hydrogen-bond acceptors (Lipinski definition) is 4. The molecule has 2 aromatic carbocycles. The molecule has 1 saturated heterocycles. The Labute approximate surface area is 144 Å². The zero-order valence-corrected chi connectivity index (χ0v) is 14.1. The summed E-state index contributed by atoms with van der Waals surface area (Å²) in [4.78, 5) is 19.0. The van der Waals surface area contributed by atoms with Crippen LogP contribution in [-0.4, -0.2) is 25.2 Å². The molecular weight excluding hydrogens is 325 g/mol. The number of nitrogens with one attached hydrogen (secondary N) is 1. The van der Waals surface area contributed by atoms with E-state index in [1.807, 2.05) is 49.3 Å². The minimum Gasteiger partial charge on any atom is -0.378 e. The summed E-state index contributed by atoms with van der Waals surface area (Å²) in [6, 6.07) is 13.7. The monoisotopic (exact) mass is 341 g/mol. The molecule has 1 fully saturated rings. The summed E-state index contributed by atoms with van der Waals surface area (Å²) >= 11 is 1.27. The minimum atomic E-state index is -0.316. The molecule has 0 spiro atoms. The molecule has 1 N–H and O–H groups in total. The molecule has 122 valence electrons. The number of carbonyl (C=O) groups excluding carboxylic acids is 1. The van der Waals surface area contributed by atoms with E-state index in [0.717, 1.165) is 11.3 Å². The van der Waals surface area contributed by atoms with Crippen LogP contribution in [0.15, 0.2) is 58.4 Å². The van der Waals surface area contributed by atoms with Gasteiger partial charge in [0.25, 0.3) is 5.91 Å². The normalized spacial score (nSPS) is 17.4. The van der Waals surface area contributed by atoms with Crippen LogP contribution in [0.3, 0.4) is 0 Å². The number of nitrogens with zero attached hydrogens (tertiary/aromatic N) is 2. The number of amides is 1. The van der Waals surface area contributed by atoms with Gasteiger partial charge in [-0.3, -0.25) is 4.79 Å². The van der Waals surface area contributed by atoms with Crippen molar-refractivity contribution in [3.05, 3.63) is 64.8 Å². The molecular formula is C18H16FN3OS. The van der Waals surface area contributed by atoms with Crippen LogP contribution >= 0.6 is 11.8 Å². The molecule has 0 atom stereocenters. The highest BCUT2D eigenvalue weighted by Gasteiger charge is 2.23. The van der Waals surface area contributed by atoms with Gasteiger partial charge in [0, 0.05) is 19.8 Å². The van der Waals surface area contributed by atoms with Crippen molar-refractivity contribution < 1.29 is 9.18 Å². The zero-order chi connectivity index (χ0) is 17.1. The van der Waals surface area contributed by atoms with Crippen LogP contribution < -0.4 is 10.2 Å². The van der Waals surface area contributed by atoms with E-state index in [9.17, 15) is 9.18 Å². The van der Waals surface area contributed by atoms with Gasteiger partial charge in [-0.25, -0.2) is 9.38 Å². The summed E-state index contributed by atoms with van der Waals surface area (Å²) in [6.45, 7) is 0. The van der Waals surface area contributed by atoms with E-state index in [4.69, 9.17) is 0 Å². The Balaban J connectivity index is 1.77. The van der Waals surface area contributed by atoms with E-state index < -0.39 is 0 Å². The van der Waals surface area contributed by atoms with Gasteiger partial charge in [0.05, 0.1) is 10.6 Å². The predicted molar refractivity (Wildman–Crippen MR) is 98.0 cm³/mol. The maximum atomic E-state index is 12.9. The molecule has 24 heavy (non-hydrogen) atoms. The average molecular weight is 341 g/mol. The Bertz CT molecular complexity index is 811. The Hall–Kier alpha value is -2.60. The van der Waals surface area contributed by atoms with Crippen LogP contribution in [0.4, 0.5) is 15.8 Å². The molecule has 4 nitrogen and oxygen atoms in total. The summed E-state index contributed by atoms with van der Waals surface area (Å²) in [6.07, 6.45) is 1.83. The fourth-order valence-electron chi connectivity index (χ4n) is 2.13. The van der Waals surface area contributed by atoms with Crippen molar-refractivity contribution in [2.24, 2.45) is 4.99 Å². The van der Waals surface area contributed by atoms with Crippen LogP contribution in [0.1, 0.15) is 5.56 Å². The van der Waals surface area contributed by atoms with Gasteiger partial charge in [-0.05, 0) is 59.8 Å². The predicted octanol–water partition coefficient (Wildman–Crippen LogP) is 3.78. The van der Waals surface area contributed by atoms with Crippen molar-refractivity contribution in [2.75, 3.05) is 19.0 Å². The van der Waals surface area contributed by atoms with Crippen LogP contribution in [0.2, 0.25) is 0 Å². The van der Waals surface area contributed by atoms with Crippen LogP contribution in [0.5, 0.6) is 0 Å². The molecule has 0 unspecified atom stereocenters. The lowest BCUT2D eigenvalue weighted by molar-refractivity contribution is -0.115. The fraction of sp³-hybridized carbons (Fsp3) is 0.111. The fourth-order valence-corrected chi connectivity index (χ4v) is 2.98. The van der Waals surface area contributed by atoms with Gasteiger partial charge >= 0.3 is 0 Å². The van der Waals surface area contributed by atoms with Gasteiger partial charge in [-0.2, -0.15) is 0 Å². The molecule has 6 heteroatoms. The number of carbonyl (C=O) groups is 1. The van der Waals surface area contributed by atoms with Gasteiger partial charge in [0.15, 0.2) is 5.17 Å². The highest BCUT2D eigenvalue weighted by molar-refractivity contribution is 8.18. The largest absolute Gasteiger partial charge is 0.378 e. The van der Waals surface area contributed by atoms with Gasteiger partial charge in [0.1, 0.15) is 5.82 Å². The molecule has 2 aromatic rings. The number of thioether (sulfide) groups is 1. The van der Waals surface area contributed by atoms with Crippen molar-refractivity contribution in [1.82, 2.24) is 5.32 Å². The van der Waals surface area contributed by atoms with Crippen molar-refractivity contribution in [2.45, 2.75) is 0 Å². The number of anilines is 1. The summed E-state index contributed by atoms with van der Waals surface area (Å²) in [5, 5.41) is 3.21. The van der Waals surface area contributed by atoms with E-state index in [2.05, 4.69) is 10.3 Å². The van der Waals surface area contributed by atoms with Gasteiger partial charge in [-0.15, -0.1) is 0 Å². The molecule has 0 aliphatic carbocycles. The number of aliphatic imine (C=N–C) groups is 1. The Kier molecular flexibility index (Phi) is 4.66. The lowest BCUT2D eigenvalue weighted by Crippen LogP contribution is -2.19. The minimum absolute atomic E-state index is 0.183. The lowest BCUT2D eigenvalue weighted by Gasteiger charge is -2.11. The number of hydrogen-bond donors (Lipinski definition) is 1. The molecule has 0 radical (unpaired) electrons. The molecule has 1 aliphatic heterocycles. The maximum Gasteiger partial charge on any atom is 0.264 e. The lowest BCUT2D eigenvalue weighted by atomic mass is 10.2. The van der Waals surface area contributed by atoms with Crippen molar-refractivity contribution >= 4 is 40.3 Å². The molecule has 3 rings (SSSR count). The standard InChI is InChI=1S/C18H16FN3OS/c1-22(2)15-9-3-12(4-10-15)11-16-17(23)21-18(24-16)20-14-7-5-13(19)6-8-14/h3-11H,1-2H3,(H,20,21,23). The van der Waals surface area contributed by atoms with Crippen molar-refractivity contribution in [1.29, 1.82) is 0 Å².